The van der Waals surface area contributed by atoms with Crippen molar-refractivity contribution in [1.82, 2.24) is 9.62 Å². The molecule has 0 bridgehead atoms. The van der Waals surface area contributed by atoms with E-state index in [-0.39, 0.29) is 35.4 Å². The van der Waals surface area contributed by atoms with Crippen LogP contribution in [0.5, 0.6) is 0 Å². The lowest BCUT2D eigenvalue weighted by Crippen LogP contribution is -2.56. The van der Waals surface area contributed by atoms with Crippen molar-refractivity contribution in [2.24, 2.45) is 17.6 Å². The summed E-state index contributed by atoms with van der Waals surface area (Å²) in [5, 5.41) is 12.7. The normalized spacial score (nSPS) is 16.3. The Hall–Kier alpha value is -2.77. The summed E-state index contributed by atoms with van der Waals surface area (Å²) in [5.74, 6) is -1.21. The maximum absolute atomic E-state index is 14.2. The molecule has 198 valence electrons. The Bertz CT molecular complexity index is 1230. The second kappa shape index (κ2) is 12.7. The van der Waals surface area contributed by atoms with Crippen LogP contribution in [0.3, 0.4) is 0 Å². The van der Waals surface area contributed by atoms with E-state index in [1.54, 1.807) is 24.3 Å². The number of carbonyl (C=O) groups excluding carboxylic acids is 2. The van der Waals surface area contributed by atoms with Gasteiger partial charge in [-0.3, -0.25) is 9.59 Å². The highest BCUT2D eigenvalue weighted by molar-refractivity contribution is 7.89. The third-order valence-corrected chi connectivity index (χ3v) is 8.90. The van der Waals surface area contributed by atoms with Crippen LogP contribution in [-0.4, -0.2) is 49.6 Å². The first kappa shape index (κ1) is 28.8. The van der Waals surface area contributed by atoms with Gasteiger partial charge in [0.1, 0.15) is 6.04 Å². The molecule has 10 heteroatoms. The smallest absolute Gasteiger partial charge is 0.244 e. The number of nitriles is 1. The van der Waals surface area contributed by atoms with Crippen molar-refractivity contribution in [1.29, 1.82) is 5.26 Å². The quantitative estimate of drug-likeness (QED) is 0.414. The van der Waals surface area contributed by atoms with Gasteiger partial charge in [-0.1, -0.05) is 37.6 Å². The van der Waals surface area contributed by atoms with Crippen LogP contribution in [-0.2, 0) is 14.8 Å². The highest BCUT2D eigenvalue weighted by atomic mass is 35.5. The topological polar surface area (TPSA) is 133 Å². The fourth-order valence-electron chi connectivity index (χ4n) is 4.83. The fraction of sp³-hybridized carbons (Fsp3) is 0.444. The second-order valence-electron chi connectivity index (χ2n) is 9.81. The van der Waals surface area contributed by atoms with Crippen LogP contribution in [0.2, 0.25) is 5.02 Å². The van der Waals surface area contributed by atoms with E-state index in [4.69, 9.17) is 22.6 Å². The van der Waals surface area contributed by atoms with Crippen LogP contribution >= 0.6 is 11.6 Å². The maximum atomic E-state index is 14.2. The van der Waals surface area contributed by atoms with Crippen molar-refractivity contribution in [3.05, 3.63) is 64.7 Å². The van der Waals surface area contributed by atoms with E-state index in [2.05, 4.69) is 5.32 Å². The summed E-state index contributed by atoms with van der Waals surface area (Å²) in [6.45, 7) is 5.13. The summed E-state index contributed by atoms with van der Waals surface area (Å²) < 4.78 is 29.5. The number of nitrogens with two attached hydrogens (primary N) is 1. The standard InChI is InChI=1S/C27H33ClN4O4S/c1-18(2)15-25(27(30)34)32(37(35,36)23-9-7-22(28)8-10-23)24(20-11-13-31-14-12-20)16-26(33)21-5-3-19(17-29)4-6-21/h3-10,18,20,24-25,31H,11-16H2,1-2H3,(H2,30,34)/t24?,25-/m1/s1. The molecule has 0 spiro atoms. The molecule has 0 aromatic heterocycles. The predicted molar refractivity (Wildman–Crippen MR) is 142 cm³/mol. The molecule has 1 fully saturated rings. The third-order valence-electron chi connectivity index (χ3n) is 6.70. The van der Waals surface area contributed by atoms with Gasteiger partial charge in [0.05, 0.1) is 16.5 Å². The number of rotatable bonds is 11. The maximum Gasteiger partial charge on any atom is 0.244 e. The van der Waals surface area contributed by atoms with Gasteiger partial charge in [-0.25, -0.2) is 8.42 Å². The monoisotopic (exact) mass is 544 g/mol. The minimum absolute atomic E-state index is 0.0170. The molecule has 37 heavy (non-hydrogen) atoms. The molecule has 3 N–H and O–H groups in total. The lowest BCUT2D eigenvalue weighted by Gasteiger charge is -2.41. The minimum atomic E-state index is -4.24. The molecule has 1 aliphatic heterocycles. The molecule has 2 atom stereocenters. The molecule has 2 aromatic carbocycles. The predicted octanol–water partition coefficient (Wildman–Crippen LogP) is 3.74. The zero-order valence-electron chi connectivity index (χ0n) is 21.1. The summed E-state index contributed by atoms with van der Waals surface area (Å²) in [6.07, 6.45) is 1.39. The van der Waals surface area contributed by atoms with Gasteiger partial charge >= 0.3 is 0 Å². The van der Waals surface area contributed by atoms with Gasteiger partial charge in [-0.05, 0) is 80.6 Å². The zero-order chi connectivity index (χ0) is 27.2. The number of Topliss-reactive ketones (excluding diaryl/α,β-unsaturated/α-hetero) is 1. The fourth-order valence-corrected chi connectivity index (χ4v) is 6.81. The number of nitrogens with zero attached hydrogens (tertiary/aromatic N) is 2. The summed E-state index contributed by atoms with van der Waals surface area (Å²) in [7, 11) is -4.24. The molecule has 8 nitrogen and oxygen atoms in total. The van der Waals surface area contributed by atoms with E-state index in [9.17, 15) is 18.0 Å². The zero-order valence-corrected chi connectivity index (χ0v) is 22.6. The van der Waals surface area contributed by atoms with E-state index >= 15 is 0 Å². The van der Waals surface area contributed by atoms with Crippen LogP contribution in [0.1, 0.15) is 55.5 Å². The first-order chi connectivity index (χ1) is 17.5. The van der Waals surface area contributed by atoms with Crippen molar-refractivity contribution in [3.8, 4) is 6.07 Å². The first-order valence-electron chi connectivity index (χ1n) is 12.4. The van der Waals surface area contributed by atoms with E-state index in [0.29, 0.717) is 42.1 Å². The largest absolute Gasteiger partial charge is 0.368 e. The van der Waals surface area contributed by atoms with Crippen LogP contribution in [0.4, 0.5) is 0 Å². The molecule has 1 heterocycles. The highest BCUT2D eigenvalue weighted by Crippen LogP contribution is 2.33. The average molecular weight is 545 g/mol. The van der Waals surface area contributed by atoms with Crippen LogP contribution in [0.25, 0.3) is 0 Å². The number of hydrogen-bond acceptors (Lipinski definition) is 6. The lowest BCUT2D eigenvalue weighted by molar-refractivity contribution is -0.123. The molecular formula is C27H33ClN4O4S. The number of hydrogen-bond donors (Lipinski definition) is 2. The lowest BCUT2D eigenvalue weighted by atomic mass is 9.85. The van der Waals surface area contributed by atoms with E-state index in [1.165, 1.54) is 28.6 Å². The van der Waals surface area contributed by atoms with Gasteiger partial charge in [-0.2, -0.15) is 9.57 Å². The summed E-state index contributed by atoms with van der Waals surface area (Å²) in [5.41, 5.74) is 6.63. The first-order valence-corrected chi connectivity index (χ1v) is 14.2. The second-order valence-corrected chi connectivity index (χ2v) is 12.1. The number of amides is 1. The van der Waals surface area contributed by atoms with Crippen LogP contribution < -0.4 is 11.1 Å². The van der Waals surface area contributed by atoms with Crippen molar-refractivity contribution < 1.29 is 18.0 Å². The highest BCUT2D eigenvalue weighted by Gasteiger charge is 2.44. The molecule has 1 amide bonds. The number of piperidine rings is 1. The molecular weight excluding hydrogens is 512 g/mol. The van der Waals surface area contributed by atoms with E-state index in [0.717, 1.165) is 0 Å². The van der Waals surface area contributed by atoms with Gasteiger partial charge in [0.2, 0.25) is 15.9 Å². The van der Waals surface area contributed by atoms with Gasteiger partial charge in [0.15, 0.2) is 5.78 Å². The molecule has 1 aliphatic rings. The molecule has 0 saturated carbocycles. The number of primary amides is 1. The van der Waals surface area contributed by atoms with Crippen molar-refractivity contribution in [2.75, 3.05) is 13.1 Å². The number of nitrogens with one attached hydrogen (secondary N) is 1. The Morgan fingerprint density at radius 1 is 1.11 bits per heavy atom. The molecule has 0 radical (unpaired) electrons. The minimum Gasteiger partial charge on any atom is -0.368 e. The van der Waals surface area contributed by atoms with Gasteiger partial charge in [-0.15, -0.1) is 0 Å². The van der Waals surface area contributed by atoms with Crippen LogP contribution in [0.15, 0.2) is 53.4 Å². The third kappa shape index (κ3) is 7.17. The SMILES string of the molecule is CC(C)C[C@H](C(N)=O)N(C(CC(=O)c1ccc(C#N)cc1)C1CCNCC1)S(=O)(=O)c1ccc(Cl)cc1. The Kier molecular flexibility index (Phi) is 9.85. The Morgan fingerprint density at radius 2 is 1.70 bits per heavy atom. The molecule has 2 aromatic rings. The summed E-state index contributed by atoms with van der Waals surface area (Å²) in [4.78, 5) is 26.2. The van der Waals surface area contributed by atoms with E-state index in [1.807, 2.05) is 19.9 Å². The van der Waals surface area contributed by atoms with Crippen molar-refractivity contribution >= 4 is 33.3 Å². The van der Waals surface area contributed by atoms with Crippen molar-refractivity contribution in [2.45, 2.75) is 56.5 Å². The summed E-state index contributed by atoms with van der Waals surface area (Å²) >= 11 is 6.01. The molecule has 1 unspecified atom stereocenters. The van der Waals surface area contributed by atoms with E-state index < -0.39 is 28.0 Å². The van der Waals surface area contributed by atoms with Gasteiger partial charge in [0, 0.05) is 23.0 Å². The molecule has 0 aliphatic carbocycles. The molecule has 1 saturated heterocycles. The summed E-state index contributed by atoms with van der Waals surface area (Å²) in [6, 6.07) is 12.1. The number of carbonyl (C=O) groups is 2. The molecule has 3 rings (SSSR count). The number of halogens is 1. The average Bonchev–Trinajstić information content (AvgIpc) is 2.88. The van der Waals surface area contributed by atoms with Gasteiger partial charge in [0.25, 0.3) is 0 Å². The van der Waals surface area contributed by atoms with Gasteiger partial charge < -0.3 is 11.1 Å². The van der Waals surface area contributed by atoms with Crippen molar-refractivity contribution in [3.63, 3.8) is 0 Å². The Labute approximate surface area is 223 Å². The number of benzene rings is 2. The number of sulfonamides is 1. The Balaban J connectivity index is 2.13. The number of ketones is 1. The Morgan fingerprint density at radius 3 is 2.22 bits per heavy atom. The van der Waals surface area contributed by atoms with Crippen LogP contribution in [0, 0.1) is 23.2 Å².